The van der Waals surface area contributed by atoms with Gasteiger partial charge in [0.25, 0.3) is 0 Å². The Balaban J connectivity index is 1.20. The predicted octanol–water partition coefficient (Wildman–Crippen LogP) is 2.94. The van der Waals surface area contributed by atoms with E-state index in [1.165, 1.54) is 0 Å². The van der Waals surface area contributed by atoms with Crippen molar-refractivity contribution in [2.45, 2.75) is 20.3 Å². The Bertz CT molecular complexity index is 1360. The normalized spacial score (nSPS) is 15.8. The smallest absolute Gasteiger partial charge is 0.409 e. The highest BCUT2D eigenvalue weighted by atomic mass is 16.6. The fourth-order valence-corrected chi connectivity index (χ4v) is 5.07. The van der Waals surface area contributed by atoms with Crippen LogP contribution in [0, 0.1) is 0 Å². The highest BCUT2D eigenvalue weighted by Crippen LogP contribution is 2.24. The van der Waals surface area contributed by atoms with Gasteiger partial charge in [-0.25, -0.2) is 14.6 Å². The molecule has 224 valence electrons. The molecule has 0 spiro atoms. The third-order valence-corrected chi connectivity index (χ3v) is 7.25. The molecule has 2 aliphatic heterocycles. The molecule has 2 amide bonds. The molecule has 1 aromatic carbocycles. The monoisotopic (exact) mass is 578 g/mol. The van der Waals surface area contributed by atoms with Gasteiger partial charge in [0.15, 0.2) is 0 Å². The van der Waals surface area contributed by atoms with Crippen molar-refractivity contribution < 1.29 is 19.1 Å². The summed E-state index contributed by atoms with van der Waals surface area (Å²) in [6.07, 6.45) is 2.00. The minimum absolute atomic E-state index is 0.245. The van der Waals surface area contributed by atoms with Crippen LogP contribution in [0.15, 0.2) is 42.6 Å². The number of nitrogens with one attached hydrogen (secondary N) is 1. The van der Waals surface area contributed by atoms with E-state index in [1.807, 2.05) is 50.2 Å². The van der Waals surface area contributed by atoms with Gasteiger partial charge in [-0.1, -0.05) is 0 Å². The maximum absolute atomic E-state index is 12.2. The molecule has 3 N–H and O–H groups in total. The van der Waals surface area contributed by atoms with Gasteiger partial charge in [0.1, 0.15) is 5.82 Å². The second kappa shape index (κ2) is 13.3. The summed E-state index contributed by atoms with van der Waals surface area (Å²) < 4.78 is 11.8. The molecular formula is C28H38N10O4. The molecule has 0 radical (unpaired) electrons. The second-order valence-corrected chi connectivity index (χ2v) is 9.95. The number of carbonyl (C=O) groups is 2. The van der Waals surface area contributed by atoms with Crippen LogP contribution in [0.5, 0.6) is 0 Å². The van der Waals surface area contributed by atoms with Crippen molar-refractivity contribution in [2.24, 2.45) is 0 Å². The Labute approximate surface area is 245 Å². The number of hydrogen-bond acceptors (Lipinski definition) is 11. The van der Waals surface area contributed by atoms with E-state index in [0.29, 0.717) is 51.9 Å². The minimum atomic E-state index is -0.278. The van der Waals surface area contributed by atoms with Crippen molar-refractivity contribution in [1.82, 2.24) is 29.5 Å². The molecular weight excluding hydrogens is 540 g/mol. The molecule has 14 nitrogen and oxygen atoms in total. The number of piperazine rings is 1. The summed E-state index contributed by atoms with van der Waals surface area (Å²) in [5.41, 5.74) is 8.89. The van der Waals surface area contributed by atoms with Crippen LogP contribution < -0.4 is 20.9 Å². The quantitative estimate of drug-likeness (QED) is 0.426. The van der Waals surface area contributed by atoms with E-state index >= 15 is 0 Å². The van der Waals surface area contributed by atoms with Gasteiger partial charge in [0.05, 0.1) is 18.9 Å². The van der Waals surface area contributed by atoms with E-state index in [9.17, 15) is 9.59 Å². The lowest BCUT2D eigenvalue weighted by molar-refractivity contribution is 0.105. The minimum Gasteiger partial charge on any atom is -0.450 e. The largest absolute Gasteiger partial charge is 0.450 e. The summed E-state index contributed by atoms with van der Waals surface area (Å²) >= 11 is 0. The number of nitrogens with zero attached hydrogens (tertiary/aromatic N) is 8. The molecule has 42 heavy (non-hydrogen) atoms. The lowest BCUT2D eigenvalue weighted by Crippen LogP contribution is -2.49. The number of hydrogen-bond donors (Lipinski definition) is 2. The van der Waals surface area contributed by atoms with E-state index in [-0.39, 0.29) is 18.1 Å². The van der Waals surface area contributed by atoms with Crippen molar-refractivity contribution in [3.8, 4) is 5.69 Å². The van der Waals surface area contributed by atoms with Crippen LogP contribution in [0.4, 0.5) is 38.7 Å². The number of carbonyl (C=O) groups excluding carboxylic acids is 2. The van der Waals surface area contributed by atoms with Gasteiger partial charge in [-0.15, -0.1) is 5.10 Å². The molecule has 0 bridgehead atoms. The molecule has 14 heteroatoms. The number of anilines is 5. The van der Waals surface area contributed by atoms with Gasteiger partial charge in [0, 0.05) is 76.0 Å². The Morgan fingerprint density at radius 1 is 0.833 bits per heavy atom. The van der Waals surface area contributed by atoms with Crippen molar-refractivity contribution in [2.75, 3.05) is 86.4 Å². The summed E-state index contributed by atoms with van der Waals surface area (Å²) in [5, 5.41) is 7.81. The summed E-state index contributed by atoms with van der Waals surface area (Å²) in [6.45, 7) is 9.72. The highest BCUT2D eigenvalue weighted by Gasteiger charge is 2.23. The number of amides is 2. The molecule has 4 heterocycles. The van der Waals surface area contributed by atoms with Crippen LogP contribution in [0.2, 0.25) is 0 Å². The zero-order valence-corrected chi connectivity index (χ0v) is 24.1. The van der Waals surface area contributed by atoms with Gasteiger partial charge in [-0.2, -0.15) is 9.67 Å². The Hall–Kier alpha value is -4.75. The molecule has 2 fully saturated rings. The summed E-state index contributed by atoms with van der Waals surface area (Å²) in [5.74, 6) is 1.40. The van der Waals surface area contributed by atoms with E-state index in [4.69, 9.17) is 15.2 Å². The highest BCUT2D eigenvalue weighted by molar-refractivity contribution is 5.68. The van der Waals surface area contributed by atoms with Gasteiger partial charge in [-0.3, -0.25) is 0 Å². The fraction of sp³-hybridized carbons (Fsp3) is 0.464. The van der Waals surface area contributed by atoms with Gasteiger partial charge >= 0.3 is 12.2 Å². The van der Waals surface area contributed by atoms with E-state index in [0.717, 1.165) is 48.9 Å². The molecule has 0 aliphatic carbocycles. The topological polar surface area (TPSA) is 147 Å². The van der Waals surface area contributed by atoms with Crippen LogP contribution in [-0.2, 0) is 9.47 Å². The van der Waals surface area contributed by atoms with Crippen molar-refractivity contribution in [3.63, 3.8) is 0 Å². The first-order valence-corrected chi connectivity index (χ1v) is 14.3. The second-order valence-electron chi connectivity index (χ2n) is 9.95. The van der Waals surface area contributed by atoms with Crippen molar-refractivity contribution >= 4 is 41.3 Å². The standard InChI is InChI=1S/C28H38N10O4/c1-3-41-27(39)36-13-5-12-35(16-19-36)24-20-23(10-11-30-24)38-25(29)32-26(33-38)31-21-6-8-22(9-7-21)34-14-17-37(18-15-34)28(40)42-4-2/h6-11,20H,3-5,12-19H2,1-2H3,(H3,29,31,32,33). The molecule has 2 saturated heterocycles. The zero-order chi connectivity index (χ0) is 29.5. The van der Waals surface area contributed by atoms with Crippen molar-refractivity contribution in [1.29, 1.82) is 0 Å². The molecule has 0 saturated carbocycles. The number of benzene rings is 1. The number of pyridine rings is 1. The molecule has 2 aliphatic rings. The number of aromatic nitrogens is 4. The Kier molecular flexibility index (Phi) is 9.09. The lowest BCUT2D eigenvalue weighted by atomic mass is 10.2. The average Bonchev–Trinajstić information content (AvgIpc) is 3.20. The van der Waals surface area contributed by atoms with Crippen molar-refractivity contribution in [3.05, 3.63) is 42.6 Å². The lowest BCUT2D eigenvalue weighted by Gasteiger charge is -2.35. The molecule has 5 rings (SSSR count). The van der Waals surface area contributed by atoms with E-state index in [2.05, 4.69) is 30.2 Å². The average molecular weight is 579 g/mol. The summed E-state index contributed by atoms with van der Waals surface area (Å²) in [4.78, 5) is 40.9. The first kappa shape index (κ1) is 28.8. The summed E-state index contributed by atoms with van der Waals surface area (Å²) in [7, 11) is 0. The molecule has 3 aromatic rings. The van der Waals surface area contributed by atoms with Gasteiger partial charge in [-0.05, 0) is 50.6 Å². The van der Waals surface area contributed by atoms with Gasteiger partial charge < -0.3 is 40.1 Å². The van der Waals surface area contributed by atoms with Crippen LogP contribution in [0.3, 0.4) is 0 Å². The first-order valence-electron chi connectivity index (χ1n) is 14.3. The summed E-state index contributed by atoms with van der Waals surface area (Å²) in [6, 6.07) is 11.7. The number of nitrogen functional groups attached to an aromatic ring is 1. The molecule has 0 unspecified atom stereocenters. The molecule has 2 aromatic heterocycles. The number of nitrogens with two attached hydrogens (primary N) is 1. The van der Waals surface area contributed by atoms with Crippen LogP contribution in [-0.4, -0.2) is 107 Å². The molecule has 0 atom stereocenters. The first-order chi connectivity index (χ1) is 20.4. The maximum Gasteiger partial charge on any atom is 0.409 e. The van der Waals surface area contributed by atoms with Gasteiger partial charge in [0.2, 0.25) is 11.9 Å². The SMILES string of the molecule is CCOC(=O)N1CCN(c2ccc(Nc3nc(N)n(-c4ccnc(N5CCCN(C(=O)OCC)CC5)c4)n3)cc2)CC1. The van der Waals surface area contributed by atoms with Crippen LogP contribution in [0.25, 0.3) is 5.69 Å². The van der Waals surface area contributed by atoms with E-state index in [1.54, 1.807) is 20.7 Å². The number of rotatable bonds is 7. The predicted molar refractivity (Wildman–Crippen MR) is 160 cm³/mol. The van der Waals surface area contributed by atoms with E-state index < -0.39 is 0 Å². The maximum atomic E-state index is 12.2. The number of ether oxygens (including phenoxy) is 2. The Morgan fingerprint density at radius 2 is 1.48 bits per heavy atom. The third-order valence-electron chi connectivity index (χ3n) is 7.25. The fourth-order valence-electron chi connectivity index (χ4n) is 5.07. The van der Waals surface area contributed by atoms with Crippen LogP contribution >= 0.6 is 0 Å². The Morgan fingerprint density at radius 3 is 2.14 bits per heavy atom. The van der Waals surface area contributed by atoms with Crippen LogP contribution in [0.1, 0.15) is 20.3 Å². The third kappa shape index (κ3) is 6.75. The zero-order valence-electron chi connectivity index (χ0n) is 24.1.